The van der Waals surface area contributed by atoms with E-state index >= 15 is 0 Å². The third-order valence-electron chi connectivity index (χ3n) is 4.25. The van der Waals surface area contributed by atoms with Crippen LogP contribution in [0, 0.1) is 0 Å². The molecule has 0 bridgehead atoms. The summed E-state index contributed by atoms with van der Waals surface area (Å²) in [5, 5.41) is 6.99. The van der Waals surface area contributed by atoms with Gasteiger partial charge in [-0.15, -0.1) is 0 Å². The lowest BCUT2D eigenvalue weighted by molar-refractivity contribution is 0.0621. The fourth-order valence-electron chi connectivity index (χ4n) is 2.88. The molecule has 6 nitrogen and oxygen atoms in total. The van der Waals surface area contributed by atoms with Crippen LogP contribution in [0.15, 0.2) is 28.9 Å². The van der Waals surface area contributed by atoms with Crippen molar-refractivity contribution in [2.45, 2.75) is 18.9 Å². The molecule has 2 aromatic heterocycles. The highest BCUT2D eigenvalue weighted by Crippen LogP contribution is 2.27. The first-order valence-corrected chi connectivity index (χ1v) is 7.44. The smallest absolute Gasteiger partial charge is 0.274 e. The van der Waals surface area contributed by atoms with E-state index in [4.69, 9.17) is 4.42 Å². The predicted molar refractivity (Wildman–Crippen MR) is 76.8 cm³/mol. The monoisotopic (exact) mass is 286 g/mol. The van der Waals surface area contributed by atoms with E-state index < -0.39 is 0 Å². The molecule has 1 N–H and O–H groups in total. The summed E-state index contributed by atoms with van der Waals surface area (Å²) in [5.74, 6) is 0.694. The van der Waals surface area contributed by atoms with Crippen LogP contribution in [-0.2, 0) is 0 Å². The molecule has 1 aliphatic heterocycles. The van der Waals surface area contributed by atoms with Gasteiger partial charge in [0.2, 0.25) is 0 Å². The third-order valence-corrected chi connectivity index (χ3v) is 4.25. The highest BCUT2D eigenvalue weighted by atomic mass is 16.3. The molecule has 0 aromatic carbocycles. The van der Waals surface area contributed by atoms with E-state index in [9.17, 15) is 4.79 Å². The summed E-state index contributed by atoms with van der Waals surface area (Å²) in [7, 11) is 0. The van der Waals surface area contributed by atoms with Crippen LogP contribution in [0.3, 0.4) is 0 Å². The molecule has 3 heterocycles. The van der Waals surface area contributed by atoms with Crippen LogP contribution in [0.5, 0.6) is 0 Å². The van der Waals surface area contributed by atoms with E-state index in [0.29, 0.717) is 11.5 Å². The zero-order valence-corrected chi connectivity index (χ0v) is 11.8. The lowest BCUT2D eigenvalue weighted by Gasteiger charge is -2.34. The van der Waals surface area contributed by atoms with Gasteiger partial charge in [0.05, 0.1) is 6.26 Å². The van der Waals surface area contributed by atoms with E-state index in [1.165, 1.54) is 12.8 Å². The van der Waals surface area contributed by atoms with Crippen LogP contribution in [0.1, 0.15) is 23.3 Å². The van der Waals surface area contributed by atoms with Crippen molar-refractivity contribution in [2.75, 3.05) is 26.2 Å². The first kappa shape index (κ1) is 12.6. The van der Waals surface area contributed by atoms with Crippen molar-refractivity contribution in [1.29, 1.82) is 0 Å². The van der Waals surface area contributed by atoms with Gasteiger partial charge < -0.3 is 9.32 Å². The average Bonchev–Trinajstić information content (AvgIpc) is 3.03. The molecule has 0 spiro atoms. The molecule has 1 aliphatic carbocycles. The van der Waals surface area contributed by atoms with Crippen molar-refractivity contribution in [3.8, 4) is 11.5 Å². The Bertz CT molecular complexity index is 622. The maximum Gasteiger partial charge on any atom is 0.274 e. The number of aromatic nitrogens is 2. The van der Waals surface area contributed by atoms with Crippen molar-refractivity contribution >= 4 is 5.91 Å². The first-order chi connectivity index (χ1) is 10.3. The highest BCUT2D eigenvalue weighted by molar-refractivity contribution is 5.93. The maximum atomic E-state index is 12.5. The molecule has 4 rings (SSSR count). The maximum absolute atomic E-state index is 12.5. The van der Waals surface area contributed by atoms with Crippen LogP contribution in [0.2, 0.25) is 0 Å². The van der Waals surface area contributed by atoms with Crippen molar-refractivity contribution in [3.05, 3.63) is 30.2 Å². The number of hydrogen-bond donors (Lipinski definition) is 1. The van der Waals surface area contributed by atoms with Crippen LogP contribution < -0.4 is 0 Å². The summed E-state index contributed by atoms with van der Waals surface area (Å²) in [6.07, 6.45) is 4.24. The number of H-pyrrole nitrogens is 1. The number of nitrogens with one attached hydrogen (secondary N) is 1. The van der Waals surface area contributed by atoms with E-state index in [0.717, 1.165) is 37.9 Å². The van der Waals surface area contributed by atoms with Crippen LogP contribution in [-0.4, -0.2) is 58.1 Å². The molecule has 2 fully saturated rings. The number of piperazine rings is 1. The Morgan fingerprint density at radius 1 is 1.29 bits per heavy atom. The predicted octanol–water partition coefficient (Wildman–Crippen LogP) is 1.59. The zero-order chi connectivity index (χ0) is 14.2. The van der Waals surface area contributed by atoms with Crippen LogP contribution >= 0.6 is 0 Å². The Kier molecular flexibility index (Phi) is 3.03. The van der Waals surface area contributed by atoms with Gasteiger partial charge in [0, 0.05) is 38.3 Å². The van der Waals surface area contributed by atoms with Crippen molar-refractivity contribution in [1.82, 2.24) is 20.0 Å². The summed E-state index contributed by atoms with van der Waals surface area (Å²) in [5.41, 5.74) is 1.20. The Balaban J connectivity index is 1.43. The van der Waals surface area contributed by atoms with Gasteiger partial charge in [-0.3, -0.25) is 14.8 Å². The second-order valence-corrected chi connectivity index (χ2v) is 5.70. The van der Waals surface area contributed by atoms with Gasteiger partial charge in [-0.1, -0.05) is 0 Å². The molecule has 1 amide bonds. The van der Waals surface area contributed by atoms with Gasteiger partial charge in [-0.05, 0) is 25.0 Å². The lowest BCUT2D eigenvalue weighted by atomic mass is 10.2. The van der Waals surface area contributed by atoms with Crippen LogP contribution in [0.25, 0.3) is 11.5 Å². The summed E-state index contributed by atoms with van der Waals surface area (Å²) >= 11 is 0. The molecule has 0 atom stereocenters. The molecule has 0 unspecified atom stereocenters. The van der Waals surface area contributed by atoms with E-state index in [1.54, 1.807) is 12.3 Å². The fraction of sp³-hybridized carbons (Fsp3) is 0.467. The number of nitrogens with zero attached hydrogens (tertiary/aromatic N) is 3. The van der Waals surface area contributed by atoms with Crippen LogP contribution in [0.4, 0.5) is 0 Å². The SMILES string of the molecule is O=C(c1cc(-c2ccco2)[nH]n1)N1CCN(C2CC2)CC1. The Morgan fingerprint density at radius 3 is 2.76 bits per heavy atom. The topological polar surface area (TPSA) is 65.4 Å². The molecule has 2 aromatic rings. The zero-order valence-electron chi connectivity index (χ0n) is 11.8. The minimum atomic E-state index is -0.000460. The number of hydrogen-bond acceptors (Lipinski definition) is 4. The second-order valence-electron chi connectivity index (χ2n) is 5.70. The van der Waals surface area contributed by atoms with E-state index in [1.807, 2.05) is 17.0 Å². The molecule has 2 aliphatic rings. The molecule has 1 saturated heterocycles. The lowest BCUT2D eigenvalue weighted by Crippen LogP contribution is -2.49. The Morgan fingerprint density at radius 2 is 2.10 bits per heavy atom. The number of rotatable bonds is 3. The Labute approximate surface area is 122 Å². The minimum absolute atomic E-state index is 0.000460. The normalized spacial score (nSPS) is 19.9. The van der Waals surface area contributed by atoms with Crippen molar-refractivity contribution in [3.63, 3.8) is 0 Å². The van der Waals surface area contributed by atoms with E-state index in [2.05, 4.69) is 15.1 Å². The number of carbonyl (C=O) groups excluding carboxylic acids is 1. The minimum Gasteiger partial charge on any atom is -0.463 e. The van der Waals surface area contributed by atoms with Gasteiger partial charge in [0.25, 0.3) is 5.91 Å². The summed E-state index contributed by atoms with van der Waals surface area (Å²) in [4.78, 5) is 16.8. The molecule has 21 heavy (non-hydrogen) atoms. The molecule has 1 saturated carbocycles. The molecular formula is C15H18N4O2. The molecule has 110 valence electrons. The van der Waals surface area contributed by atoms with E-state index in [-0.39, 0.29) is 5.91 Å². The largest absolute Gasteiger partial charge is 0.463 e. The molecular weight excluding hydrogens is 268 g/mol. The Hall–Kier alpha value is -2.08. The number of carbonyl (C=O) groups is 1. The van der Waals surface area contributed by atoms with Gasteiger partial charge >= 0.3 is 0 Å². The van der Waals surface area contributed by atoms with Crippen molar-refractivity contribution in [2.24, 2.45) is 0 Å². The standard InChI is InChI=1S/C15H18N4O2/c20-15(19-7-5-18(6-8-19)11-3-4-11)13-10-12(16-17-13)14-2-1-9-21-14/h1-2,9-11H,3-8H2,(H,16,17). The number of amides is 1. The second kappa shape index (κ2) is 5.04. The fourth-order valence-corrected chi connectivity index (χ4v) is 2.88. The van der Waals surface area contributed by atoms with Gasteiger partial charge in [-0.25, -0.2) is 0 Å². The van der Waals surface area contributed by atoms with Gasteiger partial charge in [0.1, 0.15) is 5.69 Å². The first-order valence-electron chi connectivity index (χ1n) is 7.44. The highest BCUT2D eigenvalue weighted by Gasteiger charge is 2.32. The van der Waals surface area contributed by atoms with Gasteiger partial charge in [0.15, 0.2) is 11.5 Å². The summed E-state index contributed by atoms with van der Waals surface area (Å²) < 4.78 is 5.30. The average molecular weight is 286 g/mol. The third kappa shape index (κ3) is 2.47. The van der Waals surface area contributed by atoms with Crippen molar-refractivity contribution < 1.29 is 9.21 Å². The quantitative estimate of drug-likeness (QED) is 0.930. The van der Waals surface area contributed by atoms with Gasteiger partial charge in [-0.2, -0.15) is 5.10 Å². The number of aromatic amines is 1. The summed E-state index contributed by atoms with van der Waals surface area (Å²) in [6, 6.07) is 6.19. The molecule has 6 heteroatoms. The summed E-state index contributed by atoms with van der Waals surface area (Å²) in [6.45, 7) is 3.54. The number of furan rings is 1. The molecule has 0 radical (unpaired) electrons.